The molecule has 1 aromatic heterocycles. The second-order valence-electron chi connectivity index (χ2n) is 6.20. The molecular weight excluding hydrogens is 262 g/mol. The molecule has 0 amide bonds. The molecule has 2 heterocycles. The molecule has 0 radical (unpaired) electrons. The molecule has 0 aliphatic carbocycles. The Labute approximate surface area is 128 Å². The van der Waals surface area contributed by atoms with E-state index in [-0.39, 0.29) is 6.10 Å². The van der Waals surface area contributed by atoms with Gasteiger partial charge in [-0.25, -0.2) is 4.98 Å². The molecule has 2 unspecified atom stereocenters. The summed E-state index contributed by atoms with van der Waals surface area (Å²) in [7, 11) is 0. The number of aromatic nitrogens is 1. The van der Waals surface area contributed by atoms with Crippen molar-refractivity contribution in [3.8, 4) is 0 Å². The predicted molar refractivity (Wildman–Crippen MR) is 87.9 cm³/mol. The van der Waals surface area contributed by atoms with Crippen LogP contribution in [0.1, 0.15) is 44.0 Å². The summed E-state index contributed by atoms with van der Waals surface area (Å²) < 4.78 is 5.76. The Kier molecular flexibility index (Phi) is 5.59. The van der Waals surface area contributed by atoms with Crippen LogP contribution in [-0.4, -0.2) is 36.8 Å². The highest BCUT2D eigenvalue weighted by Gasteiger charge is 2.27. The number of hydrogen-bond acceptors (Lipinski definition) is 4. The second-order valence-corrected chi connectivity index (χ2v) is 6.20. The van der Waals surface area contributed by atoms with Gasteiger partial charge in [0.25, 0.3) is 0 Å². The average Bonchev–Trinajstić information content (AvgIpc) is 2.43. The fourth-order valence-corrected chi connectivity index (χ4v) is 2.89. The maximum absolute atomic E-state index is 5.76. The molecule has 2 atom stereocenters. The molecule has 0 saturated carbocycles. The first-order chi connectivity index (χ1) is 10.0. The number of pyridine rings is 1. The molecule has 0 aromatic carbocycles. The lowest BCUT2D eigenvalue weighted by molar-refractivity contribution is 0.0339. The van der Waals surface area contributed by atoms with Crippen molar-refractivity contribution in [3.05, 3.63) is 22.9 Å². The molecule has 0 spiro atoms. The number of hydrogen-bond donors (Lipinski definition) is 1. The Morgan fingerprint density at radius 2 is 2.14 bits per heavy atom. The molecule has 2 rings (SSSR count). The molecule has 4 heteroatoms. The molecule has 1 fully saturated rings. The molecule has 1 N–H and O–H groups in total. The van der Waals surface area contributed by atoms with E-state index in [2.05, 4.69) is 50.9 Å². The number of anilines is 1. The standard InChI is InChI=1S/C17H29N3O/c1-6-7-18-9-16-12(2)8-13(3)19-17(16)20-10-15(5)21-11-14(20)4/h8,14-15,18H,6-7,9-11H2,1-5H3. The van der Waals surface area contributed by atoms with Crippen molar-refractivity contribution in [2.75, 3.05) is 24.6 Å². The highest BCUT2D eigenvalue weighted by atomic mass is 16.5. The van der Waals surface area contributed by atoms with Gasteiger partial charge in [-0.05, 0) is 52.3 Å². The van der Waals surface area contributed by atoms with Crippen LogP contribution in [0.4, 0.5) is 5.82 Å². The van der Waals surface area contributed by atoms with Crippen molar-refractivity contribution in [1.82, 2.24) is 10.3 Å². The average molecular weight is 291 g/mol. The van der Waals surface area contributed by atoms with Crippen LogP contribution in [0.2, 0.25) is 0 Å². The van der Waals surface area contributed by atoms with Gasteiger partial charge in [0.1, 0.15) is 5.82 Å². The van der Waals surface area contributed by atoms with Crippen LogP contribution in [0.15, 0.2) is 6.07 Å². The summed E-state index contributed by atoms with van der Waals surface area (Å²) >= 11 is 0. The van der Waals surface area contributed by atoms with Crippen LogP contribution < -0.4 is 10.2 Å². The zero-order valence-corrected chi connectivity index (χ0v) is 14.1. The van der Waals surface area contributed by atoms with Crippen LogP contribution in [-0.2, 0) is 11.3 Å². The third-order valence-electron chi connectivity index (χ3n) is 4.06. The number of nitrogens with one attached hydrogen (secondary N) is 1. The van der Waals surface area contributed by atoms with Crippen LogP contribution in [0.25, 0.3) is 0 Å². The zero-order valence-electron chi connectivity index (χ0n) is 14.1. The molecule has 0 bridgehead atoms. The minimum absolute atomic E-state index is 0.264. The predicted octanol–water partition coefficient (Wildman–Crippen LogP) is 2.81. The van der Waals surface area contributed by atoms with Crippen molar-refractivity contribution in [1.29, 1.82) is 0 Å². The first kappa shape index (κ1) is 16.2. The minimum atomic E-state index is 0.264. The Balaban J connectivity index is 2.31. The van der Waals surface area contributed by atoms with Crippen molar-refractivity contribution >= 4 is 5.82 Å². The summed E-state index contributed by atoms with van der Waals surface area (Å²) in [5.41, 5.74) is 3.75. The fraction of sp³-hybridized carbons (Fsp3) is 0.706. The van der Waals surface area contributed by atoms with E-state index < -0.39 is 0 Å². The van der Waals surface area contributed by atoms with Gasteiger partial charge < -0.3 is 15.0 Å². The maximum atomic E-state index is 5.76. The largest absolute Gasteiger partial charge is 0.375 e. The summed E-state index contributed by atoms with van der Waals surface area (Å²) in [5.74, 6) is 1.14. The van der Waals surface area contributed by atoms with E-state index >= 15 is 0 Å². The van der Waals surface area contributed by atoms with Crippen LogP contribution in [0, 0.1) is 13.8 Å². The van der Waals surface area contributed by atoms with Crippen LogP contribution in [0.3, 0.4) is 0 Å². The number of rotatable bonds is 5. The second kappa shape index (κ2) is 7.23. The molecule has 4 nitrogen and oxygen atoms in total. The Morgan fingerprint density at radius 1 is 1.38 bits per heavy atom. The van der Waals surface area contributed by atoms with Gasteiger partial charge in [0.2, 0.25) is 0 Å². The monoisotopic (exact) mass is 291 g/mol. The van der Waals surface area contributed by atoms with Crippen molar-refractivity contribution < 1.29 is 4.74 Å². The lowest BCUT2D eigenvalue weighted by Crippen LogP contribution is -2.48. The molecule has 1 aromatic rings. The van der Waals surface area contributed by atoms with E-state index in [1.807, 2.05) is 0 Å². The summed E-state index contributed by atoms with van der Waals surface area (Å²) in [6.07, 6.45) is 1.42. The fourth-order valence-electron chi connectivity index (χ4n) is 2.89. The number of ether oxygens (including phenoxy) is 1. The third-order valence-corrected chi connectivity index (χ3v) is 4.06. The molecule has 1 aliphatic rings. The topological polar surface area (TPSA) is 37.4 Å². The maximum Gasteiger partial charge on any atom is 0.134 e. The van der Waals surface area contributed by atoms with Gasteiger partial charge >= 0.3 is 0 Å². The van der Waals surface area contributed by atoms with Gasteiger partial charge in [0.15, 0.2) is 0 Å². The summed E-state index contributed by atoms with van der Waals surface area (Å²) in [6.45, 7) is 14.4. The van der Waals surface area contributed by atoms with Crippen molar-refractivity contribution in [2.24, 2.45) is 0 Å². The SMILES string of the molecule is CCCNCc1c(C)cc(C)nc1N1CC(C)OCC1C. The van der Waals surface area contributed by atoms with Gasteiger partial charge in [-0.2, -0.15) is 0 Å². The summed E-state index contributed by atoms with van der Waals surface area (Å²) in [6, 6.07) is 2.56. The Hall–Kier alpha value is -1.13. The Bertz CT molecular complexity index is 475. The Morgan fingerprint density at radius 3 is 2.86 bits per heavy atom. The normalized spacial score (nSPS) is 22.6. The molecule has 1 aliphatic heterocycles. The minimum Gasteiger partial charge on any atom is -0.375 e. The van der Waals surface area contributed by atoms with Gasteiger partial charge in [-0.1, -0.05) is 6.92 Å². The van der Waals surface area contributed by atoms with E-state index in [4.69, 9.17) is 9.72 Å². The lowest BCUT2D eigenvalue weighted by atomic mass is 10.1. The molecule has 1 saturated heterocycles. The van der Waals surface area contributed by atoms with Crippen LogP contribution in [0.5, 0.6) is 0 Å². The van der Waals surface area contributed by atoms with E-state index in [1.54, 1.807) is 0 Å². The number of aryl methyl sites for hydroxylation is 2. The van der Waals surface area contributed by atoms with Crippen molar-refractivity contribution in [2.45, 2.75) is 59.7 Å². The van der Waals surface area contributed by atoms with E-state index in [0.29, 0.717) is 6.04 Å². The van der Waals surface area contributed by atoms with Crippen molar-refractivity contribution in [3.63, 3.8) is 0 Å². The number of nitrogens with zero attached hydrogens (tertiary/aromatic N) is 2. The van der Waals surface area contributed by atoms with Gasteiger partial charge in [-0.15, -0.1) is 0 Å². The highest BCUT2D eigenvalue weighted by molar-refractivity contribution is 5.52. The highest BCUT2D eigenvalue weighted by Crippen LogP contribution is 2.27. The van der Waals surface area contributed by atoms with E-state index in [1.165, 1.54) is 11.1 Å². The zero-order chi connectivity index (χ0) is 15.4. The van der Waals surface area contributed by atoms with Crippen LogP contribution >= 0.6 is 0 Å². The first-order valence-corrected chi connectivity index (χ1v) is 8.09. The quantitative estimate of drug-likeness (QED) is 0.847. The molecule has 118 valence electrons. The van der Waals surface area contributed by atoms with Gasteiger partial charge in [0, 0.05) is 24.3 Å². The van der Waals surface area contributed by atoms with E-state index in [0.717, 1.165) is 44.2 Å². The molecule has 21 heavy (non-hydrogen) atoms. The van der Waals surface area contributed by atoms with Gasteiger partial charge in [-0.3, -0.25) is 0 Å². The third kappa shape index (κ3) is 3.95. The summed E-state index contributed by atoms with van der Waals surface area (Å²) in [5, 5.41) is 3.52. The van der Waals surface area contributed by atoms with Gasteiger partial charge in [0.05, 0.1) is 18.8 Å². The summed E-state index contributed by atoms with van der Waals surface area (Å²) in [4.78, 5) is 7.27. The molecular formula is C17H29N3O. The number of morpholine rings is 1. The first-order valence-electron chi connectivity index (χ1n) is 8.09. The van der Waals surface area contributed by atoms with E-state index in [9.17, 15) is 0 Å². The lowest BCUT2D eigenvalue weighted by Gasteiger charge is -2.39. The smallest absolute Gasteiger partial charge is 0.134 e.